The summed E-state index contributed by atoms with van der Waals surface area (Å²) in [5, 5.41) is 10.0. The van der Waals surface area contributed by atoms with E-state index in [4.69, 9.17) is 0 Å². The molecule has 1 saturated heterocycles. The monoisotopic (exact) mass is 410 g/mol. The molecule has 3 heteroatoms. The van der Waals surface area contributed by atoms with Crippen LogP contribution in [-0.2, 0) is 12.8 Å². The van der Waals surface area contributed by atoms with Crippen molar-refractivity contribution in [2.24, 2.45) is 11.3 Å². The number of rotatable bonds is 3. The molecule has 2 aromatic rings. The van der Waals surface area contributed by atoms with Gasteiger partial charge in [0.05, 0.1) is 4.08 Å². The van der Waals surface area contributed by atoms with Gasteiger partial charge in [-0.25, -0.2) is 0 Å². The van der Waals surface area contributed by atoms with Gasteiger partial charge in [-0.05, 0) is 84.6 Å². The largest absolute Gasteiger partial charge is 0.508 e. The average molecular weight is 411 g/mol. The minimum Gasteiger partial charge on any atom is -0.508 e. The first kappa shape index (κ1) is 18.9. The third-order valence-corrected chi connectivity index (χ3v) is 11.2. The van der Waals surface area contributed by atoms with Crippen molar-refractivity contribution in [3.8, 4) is 5.75 Å². The molecule has 2 fully saturated rings. The minimum absolute atomic E-state index is 0.383. The lowest BCUT2D eigenvalue weighted by atomic mass is 9.53. The van der Waals surface area contributed by atoms with Gasteiger partial charge in [-0.2, -0.15) is 0 Å². The third-order valence-electron chi connectivity index (χ3n) is 7.67. The van der Waals surface area contributed by atoms with Crippen molar-refractivity contribution in [1.29, 1.82) is 0 Å². The molecule has 1 saturated carbocycles. The van der Waals surface area contributed by atoms with Crippen LogP contribution in [0.2, 0.25) is 0 Å². The number of phenols is 1. The van der Waals surface area contributed by atoms with Crippen molar-refractivity contribution in [2.75, 3.05) is 11.5 Å². The van der Waals surface area contributed by atoms with Crippen LogP contribution in [0.3, 0.4) is 0 Å². The zero-order chi connectivity index (χ0) is 19.2. The maximum absolute atomic E-state index is 10.0. The van der Waals surface area contributed by atoms with Gasteiger partial charge in [0.15, 0.2) is 0 Å². The van der Waals surface area contributed by atoms with Gasteiger partial charge < -0.3 is 5.11 Å². The predicted molar refractivity (Wildman–Crippen MR) is 122 cm³/mol. The van der Waals surface area contributed by atoms with E-state index in [9.17, 15) is 5.11 Å². The summed E-state index contributed by atoms with van der Waals surface area (Å²) >= 11 is 4.47. The number of hydrogen-bond donors (Lipinski definition) is 1. The molecule has 2 aliphatic carbocycles. The van der Waals surface area contributed by atoms with E-state index >= 15 is 0 Å². The third kappa shape index (κ3) is 3.29. The number of aromatic hydroxyl groups is 1. The zero-order valence-corrected chi connectivity index (χ0v) is 18.3. The summed E-state index contributed by atoms with van der Waals surface area (Å²) in [6, 6.07) is 17.2. The maximum atomic E-state index is 10.0. The maximum Gasteiger partial charge on any atom is 0.115 e. The van der Waals surface area contributed by atoms with Crippen LogP contribution in [0.5, 0.6) is 5.75 Å². The van der Waals surface area contributed by atoms with Gasteiger partial charge in [0.25, 0.3) is 0 Å². The highest BCUT2D eigenvalue weighted by atomic mass is 32.2. The van der Waals surface area contributed by atoms with Gasteiger partial charge >= 0.3 is 0 Å². The van der Waals surface area contributed by atoms with Crippen molar-refractivity contribution < 1.29 is 5.11 Å². The van der Waals surface area contributed by atoms with Crippen molar-refractivity contribution in [3.63, 3.8) is 0 Å². The molecule has 1 N–H and O–H groups in total. The van der Waals surface area contributed by atoms with Crippen LogP contribution < -0.4 is 0 Å². The van der Waals surface area contributed by atoms with E-state index < -0.39 is 0 Å². The van der Waals surface area contributed by atoms with Crippen LogP contribution in [0.15, 0.2) is 48.5 Å². The van der Waals surface area contributed by atoms with E-state index in [0.717, 1.165) is 12.3 Å². The molecule has 0 unspecified atom stereocenters. The Morgan fingerprint density at radius 2 is 1.82 bits per heavy atom. The highest BCUT2D eigenvalue weighted by molar-refractivity contribution is 8.21. The SMILES string of the molecule is C[C@@]12CCc3cc(O)ccc3[C@H]1CC1(C[C@@H]2CCc2ccccc2)SCCS1. The molecule has 5 rings (SSSR count). The summed E-state index contributed by atoms with van der Waals surface area (Å²) in [6.07, 6.45) is 7.55. The fourth-order valence-corrected chi connectivity index (χ4v) is 9.52. The average Bonchev–Trinajstić information content (AvgIpc) is 3.16. The fraction of sp³-hybridized carbons (Fsp3) is 0.520. The molecule has 148 valence electrons. The molecule has 1 heterocycles. The van der Waals surface area contributed by atoms with Crippen LogP contribution in [-0.4, -0.2) is 20.7 Å². The molecule has 0 radical (unpaired) electrons. The number of fused-ring (bicyclic) bond motifs is 3. The quantitative estimate of drug-likeness (QED) is 0.612. The molecule has 3 aliphatic rings. The number of phenolic OH excluding ortho intramolecular Hbond substituents is 1. The van der Waals surface area contributed by atoms with E-state index in [0.29, 0.717) is 21.2 Å². The number of hydrogen-bond acceptors (Lipinski definition) is 3. The first-order chi connectivity index (χ1) is 13.6. The highest BCUT2D eigenvalue weighted by Crippen LogP contribution is 2.66. The summed E-state index contributed by atoms with van der Waals surface area (Å²) in [7, 11) is 0. The van der Waals surface area contributed by atoms with E-state index in [1.165, 1.54) is 60.3 Å². The Labute approximate surface area is 177 Å². The highest BCUT2D eigenvalue weighted by Gasteiger charge is 2.55. The first-order valence-electron chi connectivity index (χ1n) is 10.7. The Kier molecular flexibility index (Phi) is 4.95. The van der Waals surface area contributed by atoms with Crippen molar-refractivity contribution in [1.82, 2.24) is 0 Å². The van der Waals surface area contributed by atoms with Crippen LogP contribution in [0.4, 0.5) is 0 Å². The van der Waals surface area contributed by atoms with Crippen molar-refractivity contribution in [3.05, 3.63) is 65.2 Å². The Balaban J connectivity index is 1.48. The van der Waals surface area contributed by atoms with Crippen LogP contribution in [0.1, 0.15) is 55.2 Å². The lowest BCUT2D eigenvalue weighted by Crippen LogP contribution is -2.47. The number of aryl methyl sites for hydroxylation is 2. The molecular formula is C25H30OS2. The normalized spacial score (nSPS) is 30.8. The van der Waals surface area contributed by atoms with Gasteiger partial charge in [0.2, 0.25) is 0 Å². The van der Waals surface area contributed by atoms with Crippen LogP contribution >= 0.6 is 23.5 Å². The Morgan fingerprint density at radius 3 is 2.61 bits per heavy atom. The van der Waals surface area contributed by atoms with Crippen molar-refractivity contribution >= 4 is 23.5 Å². The number of thioether (sulfide) groups is 2. The summed E-state index contributed by atoms with van der Waals surface area (Å²) in [6.45, 7) is 2.58. The molecule has 0 amide bonds. The topological polar surface area (TPSA) is 20.2 Å². The predicted octanol–water partition coefficient (Wildman–Crippen LogP) is 6.65. The van der Waals surface area contributed by atoms with Gasteiger partial charge in [-0.3, -0.25) is 0 Å². The summed E-state index contributed by atoms with van der Waals surface area (Å²) in [5.41, 5.74) is 4.79. The second kappa shape index (κ2) is 7.32. The standard InChI is InChI=1S/C25H30OS2/c1-24-12-11-19-15-21(26)9-10-22(19)23(24)17-25(27-13-14-28-25)16-20(24)8-7-18-5-3-2-4-6-18/h2-6,9-10,15,20,23,26H,7-8,11-14,16-17H2,1H3/t20-,23+,24-/m0/s1. The van der Waals surface area contributed by atoms with E-state index in [1.807, 2.05) is 12.1 Å². The van der Waals surface area contributed by atoms with Gasteiger partial charge in [-0.1, -0.05) is 43.3 Å². The van der Waals surface area contributed by atoms with Gasteiger partial charge in [0, 0.05) is 11.5 Å². The summed E-state index contributed by atoms with van der Waals surface area (Å²) < 4.78 is 0.415. The second-order valence-corrected chi connectivity index (χ2v) is 12.4. The van der Waals surface area contributed by atoms with E-state index in [-0.39, 0.29) is 0 Å². The number of benzene rings is 2. The van der Waals surface area contributed by atoms with E-state index in [1.54, 1.807) is 0 Å². The smallest absolute Gasteiger partial charge is 0.115 e. The first-order valence-corrected chi connectivity index (χ1v) is 12.7. The van der Waals surface area contributed by atoms with Gasteiger partial charge in [-0.15, -0.1) is 23.5 Å². The van der Waals surface area contributed by atoms with Crippen LogP contribution in [0.25, 0.3) is 0 Å². The molecule has 2 aromatic carbocycles. The molecule has 0 bridgehead atoms. The molecule has 1 spiro atoms. The Hall–Kier alpha value is -1.06. The molecule has 28 heavy (non-hydrogen) atoms. The molecule has 1 aliphatic heterocycles. The second-order valence-electron chi connectivity index (χ2n) is 9.18. The summed E-state index contributed by atoms with van der Waals surface area (Å²) in [4.78, 5) is 0. The molecular weight excluding hydrogens is 380 g/mol. The lowest BCUT2D eigenvalue weighted by Gasteiger charge is -2.56. The molecule has 3 atom stereocenters. The lowest BCUT2D eigenvalue weighted by molar-refractivity contribution is 0.0577. The van der Waals surface area contributed by atoms with Crippen molar-refractivity contribution in [2.45, 2.75) is 55.4 Å². The molecule has 0 aromatic heterocycles. The summed E-state index contributed by atoms with van der Waals surface area (Å²) in [5.74, 6) is 4.44. The zero-order valence-electron chi connectivity index (χ0n) is 16.7. The minimum atomic E-state index is 0.383. The van der Waals surface area contributed by atoms with E-state index in [2.05, 4.69) is 66.8 Å². The Morgan fingerprint density at radius 1 is 1.04 bits per heavy atom. The van der Waals surface area contributed by atoms with Crippen LogP contribution in [0, 0.1) is 11.3 Å². The van der Waals surface area contributed by atoms with Gasteiger partial charge in [0.1, 0.15) is 5.75 Å². The fourth-order valence-electron chi connectivity index (χ4n) is 6.07. The molecule has 1 nitrogen and oxygen atoms in total. The Bertz CT molecular complexity index is 843.